The summed E-state index contributed by atoms with van der Waals surface area (Å²) in [5.41, 5.74) is 6.50. The zero-order valence-electron chi connectivity index (χ0n) is 22.9. The van der Waals surface area contributed by atoms with Gasteiger partial charge in [0.1, 0.15) is 13.2 Å². The van der Waals surface area contributed by atoms with E-state index in [1.165, 1.54) is 6.08 Å². The first kappa shape index (κ1) is 27.9. The molecule has 1 aliphatic rings. The highest BCUT2D eigenvalue weighted by Gasteiger charge is 2.29. The lowest BCUT2D eigenvalue weighted by Crippen LogP contribution is -2.42. The molecular formula is C35H33NO5. The molecule has 4 aromatic rings. The summed E-state index contributed by atoms with van der Waals surface area (Å²) in [5.74, 6) is -0.565. The lowest BCUT2D eigenvalue weighted by molar-refractivity contribution is -0.139. The van der Waals surface area contributed by atoms with E-state index in [2.05, 4.69) is 29.6 Å². The van der Waals surface area contributed by atoms with Crippen LogP contribution in [-0.4, -0.2) is 30.8 Å². The van der Waals surface area contributed by atoms with Gasteiger partial charge in [0.05, 0.1) is 18.8 Å². The van der Waals surface area contributed by atoms with Crippen LogP contribution in [0.5, 0.6) is 0 Å². The third-order valence-corrected chi connectivity index (χ3v) is 7.15. The van der Waals surface area contributed by atoms with Crippen LogP contribution in [0.3, 0.4) is 0 Å². The summed E-state index contributed by atoms with van der Waals surface area (Å²) in [4.78, 5) is 25.5. The molecule has 2 atom stereocenters. The number of amides is 1. The standard InChI is InChI=1S/C35H33NO5/c1-25(39-22-26-12-4-2-5-13-26)33(20-21-34(37)40-23-27-14-6-3-7-15-27)36-35(38)41-24-32-30-18-10-8-16-28(30)29-17-9-11-19-31(29)32/h2-21,25,32-33H,22-24H2,1H3,(H,36,38)/t25-,33-/m0/s1. The molecule has 0 spiro atoms. The SMILES string of the molecule is C[C@H](OCc1ccccc1)[C@H](C=CC(=O)OCc1ccccc1)NC(=O)OCC1c2ccccc2-c2ccccc21. The minimum absolute atomic E-state index is 0.0538. The van der Waals surface area contributed by atoms with E-state index >= 15 is 0 Å². The Balaban J connectivity index is 1.23. The molecule has 0 aliphatic heterocycles. The van der Waals surface area contributed by atoms with Crippen molar-refractivity contribution in [1.29, 1.82) is 0 Å². The topological polar surface area (TPSA) is 73.9 Å². The van der Waals surface area contributed by atoms with Gasteiger partial charge in [0.2, 0.25) is 0 Å². The summed E-state index contributed by atoms with van der Waals surface area (Å²) in [5, 5.41) is 2.87. The molecule has 5 rings (SSSR count). The maximum atomic E-state index is 13.0. The van der Waals surface area contributed by atoms with Crippen LogP contribution in [-0.2, 0) is 32.2 Å². The molecule has 0 radical (unpaired) electrons. The van der Waals surface area contributed by atoms with Gasteiger partial charge < -0.3 is 19.5 Å². The van der Waals surface area contributed by atoms with Crippen molar-refractivity contribution in [1.82, 2.24) is 5.32 Å². The summed E-state index contributed by atoms with van der Waals surface area (Å²) in [6, 6.07) is 35.0. The number of fused-ring (bicyclic) bond motifs is 3. The summed E-state index contributed by atoms with van der Waals surface area (Å²) in [7, 11) is 0. The number of hydrogen-bond donors (Lipinski definition) is 1. The molecule has 0 unspecified atom stereocenters. The van der Waals surface area contributed by atoms with Gasteiger partial charge in [0.15, 0.2) is 0 Å². The van der Waals surface area contributed by atoms with Gasteiger partial charge in [0, 0.05) is 12.0 Å². The molecule has 208 valence electrons. The Morgan fingerprint density at radius 3 is 1.88 bits per heavy atom. The number of nitrogens with one attached hydrogen (secondary N) is 1. The first-order valence-electron chi connectivity index (χ1n) is 13.7. The van der Waals surface area contributed by atoms with Gasteiger partial charge in [0.25, 0.3) is 0 Å². The summed E-state index contributed by atoms with van der Waals surface area (Å²) in [6.45, 7) is 2.55. The maximum Gasteiger partial charge on any atom is 0.407 e. The van der Waals surface area contributed by atoms with Crippen molar-refractivity contribution in [2.75, 3.05) is 6.61 Å². The van der Waals surface area contributed by atoms with E-state index in [9.17, 15) is 9.59 Å². The van der Waals surface area contributed by atoms with Gasteiger partial charge in [-0.25, -0.2) is 9.59 Å². The molecule has 1 aliphatic carbocycles. The van der Waals surface area contributed by atoms with Gasteiger partial charge >= 0.3 is 12.1 Å². The van der Waals surface area contributed by atoms with Crippen LogP contribution >= 0.6 is 0 Å². The predicted octanol–water partition coefficient (Wildman–Crippen LogP) is 6.80. The molecule has 0 bridgehead atoms. The smallest absolute Gasteiger partial charge is 0.407 e. The van der Waals surface area contributed by atoms with Crippen molar-refractivity contribution >= 4 is 12.1 Å². The maximum absolute atomic E-state index is 13.0. The van der Waals surface area contributed by atoms with E-state index in [-0.39, 0.29) is 19.1 Å². The number of carbonyl (C=O) groups excluding carboxylic acids is 2. The molecule has 0 saturated carbocycles. The largest absolute Gasteiger partial charge is 0.458 e. The Labute approximate surface area is 240 Å². The molecule has 6 heteroatoms. The fraction of sp³-hybridized carbons (Fsp3) is 0.200. The second-order valence-corrected chi connectivity index (χ2v) is 9.95. The second kappa shape index (κ2) is 13.6. The van der Waals surface area contributed by atoms with Gasteiger partial charge in [-0.2, -0.15) is 0 Å². The number of benzene rings is 4. The number of alkyl carbamates (subject to hydrolysis) is 1. The first-order chi connectivity index (χ1) is 20.1. The highest BCUT2D eigenvalue weighted by Crippen LogP contribution is 2.44. The van der Waals surface area contributed by atoms with Gasteiger partial charge in [-0.05, 0) is 40.3 Å². The highest BCUT2D eigenvalue weighted by molar-refractivity contribution is 5.82. The molecule has 1 N–H and O–H groups in total. The first-order valence-corrected chi connectivity index (χ1v) is 13.7. The average Bonchev–Trinajstić information content (AvgIpc) is 3.34. The van der Waals surface area contributed by atoms with Crippen LogP contribution in [0.25, 0.3) is 11.1 Å². The number of hydrogen-bond acceptors (Lipinski definition) is 5. The Kier molecular flexibility index (Phi) is 9.24. The third kappa shape index (κ3) is 7.29. The third-order valence-electron chi connectivity index (χ3n) is 7.15. The second-order valence-electron chi connectivity index (χ2n) is 9.95. The van der Waals surface area contributed by atoms with Crippen LogP contribution < -0.4 is 5.32 Å². The normalized spacial score (nSPS) is 13.7. The van der Waals surface area contributed by atoms with Gasteiger partial charge in [-0.15, -0.1) is 0 Å². The fourth-order valence-corrected chi connectivity index (χ4v) is 4.96. The van der Waals surface area contributed by atoms with E-state index in [1.807, 2.05) is 91.9 Å². The molecule has 4 aromatic carbocycles. The average molecular weight is 548 g/mol. The van der Waals surface area contributed by atoms with E-state index in [1.54, 1.807) is 6.08 Å². The van der Waals surface area contributed by atoms with Gasteiger partial charge in [-0.3, -0.25) is 0 Å². The summed E-state index contributed by atoms with van der Waals surface area (Å²) < 4.78 is 17.2. The molecule has 0 fully saturated rings. The van der Waals surface area contributed by atoms with Crippen molar-refractivity contribution in [2.45, 2.75) is 38.2 Å². The Bertz CT molecular complexity index is 1440. The molecule has 0 saturated heterocycles. The van der Waals surface area contributed by atoms with Crippen molar-refractivity contribution in [3.05, 3.63) is 144 Å². The molecule has 0 aromatic heterocycles. The van der Waals surface area contributed by atoms with Gasteiger partial charge in [-0.1, -0.05) is 115 Å². The minimum atomic E-state index is -0.626. The van der Waals surface area contributed by atoms with E-state index in [4.69, 9.17) is 14.2 Å². The number of ether oxygens (including phenoxy) is 3. The quantitative estimate of drug-likeness (QED) is 0.165. The predicted molar refractivity (Wildman–Crippen MR) is 158 cm³/mol. The molecule has 41 heavy (non-hydrogen) atoms. The zero-order chi connectivity index (χ0) is 28.4. The van der Waals surface area contributed by atoms with Crippen molar-refractivity contribution in [2.24, 2.45) is 0 Å². The summed E-state index contributed by atoms with van der Waals surface area (Å²) in [6.07, 6.45) is 1.87. The zero-order valence-corrected chi connectivity index (χ0v) is 22.9. The Morgan fingerprint density at radius 1 is 0.732 bits per heavy atom. The van der Waals surface area contributed by atoms with Crippen LogP contribution in [0.2, 0.25) is 0 Å². The molecule has 1 amide bonds. The molecule has 6 nitrogen and oxygen atoms in total. The van der Waals surface area contributed by atoms with Crippen LogP contribution in [0.1, 0.15) is 35.1 Å². The number of rotatable bonds is 11. The van der Waals surface area contributed by atoms with E-state index < -0.39 is 24.2 Å². The van der Waals surface area contributed by atoms with Crippen LogP contribution in [0, 0.1) is 0 Å². The number of esters is 1. The monoisotopic (exact) mass is 547 g/mol. The fourth-order valence-electron chi connectivity index (χ4n) is 4.96. The highest BCUT2D eigenvalue weighted by atomic mass is 16.6. The van der Waals surface area contributed by atoms with Crippen molar-refractivity contribution in [3.8, 4) is 11.1 Å². The minimum Gasteiger partial charge on any atom is -0.458 e. The Hall–Kier alpha value is -4.68. The van der Waals surface area contributed by atoms with Crippen molar-refractivity contribution in [3.63, 3.8) is 0 Å². The van der Waals surface area contributed by atoms with Crippen molar-refractivity contribution < 1.29 is 23.8 Å². The molecule has 0 heterocycles. The van der Waals surface area contributed by atoms with E-state index in [0.29, 0.717) is 6.61 Å². The molecular weight excluding hydrogens is 514 g/mol. The lowest BCUT2D eigenvalue weighted by atomic mass is 9.98. The van der Waals surface area contributed by atoms with Crippen LogP contribution in [0.15, 0.2) is 121 Å². The Morgan fingerprint density at radius 2 is 1.27 bits per heavy atom. The van der Waals surface area contributed by atoms with Crippen LogP contribution in [0.4, 0.5) is 4.79 Å². The lowest BCUT2D eigenvalue weighted by Gasteiger charge is -2.23. The van der Waals surface area contributed by atoms with E-state index in [0.717, 1.165) is 33.4 Å². The number of carbonyl (C=O) groups is 2. The summed E-state index contributed by atoms with van der Waals surface area (Å²) >= 11 is 0.